The molecule has 0 aromatic heterocycles. The van der Waals surface area contributed by atoms with Gasteiger partial charge >= 0.3 is 0 Å². The van der Waals surface area contributed by atoms with Crippen molar-refractivity contribution in [2.24, 2.45) is 0 Å². The SMILES string of the molecule is CC(C#N)OC(C)Oc1cccc(Cl)c1. The van der Waals surface area contributed by atoms with E-state index in [-0.39, 0.29) is 0 Å². The van der Waals surface area contributed by atoms with E-state index in [2.05, 4.69) is 0 Å². The highest BCUT2D eigenvalue weighted by atomic mass is 35.5. The van der Waals surface area contributed by atoms with Crippen molar-refractivity contribution in [2.75, 3.05) is 0 Å². The fourth-order valence-electron chi connectivity index (χ4n) is 1.08. The number of halogens is 1. The number of hydrogen-bond donors (Lipinski definition) is 0. The Kier molecular flexibility index (Phi) is 4.41. The Morgan fingerprint density at radius 3 is 2.73 bits per heavy atom. The van der Waals surface area contributed by atoms with Crippen LogP contribution in [0, 0.1) is 11.3 Å². The summed E-state index contributed by atoms with van der Waals surface area (Å²) in [5.74, 6) is 0.625. The van der Waals surface area contributed by atoms with Crippen LogP contribution in [0.1, 0.15) is 13.8 Å². The van der Waals surface area contributed by atoms with Crippen molar-refractivity contribution in [3.05, 3.63) is 29.3 Å². The molecule has 0 aliphatic carbocycles. The molecule has 0 fully saturated rings. The van der Waals surface area contributed by atoms with Gasteiger partial charge in [-0.15, -0.1) is 0 Å². The van der Waals surface area contributed by atoms with E-state index in [1.165, 1.54) is 0 Å². The average molecular weight is 226 g/mol. The molecule has 0 N–H and O–H groups in total. The van der Waals surface area contributed by atoms with Gasteiger partial charge in [-0.2, -0.15) is 5.26 Å². The second-order valence-electron chi connectivity index (χ2n) is 3.05. The van der Waals surface area contributed by atoms with Gasteiger partial charge in [-0.1, -0.05) is 17.7 Å². The van der Waals surface area contributed by atoms with Gasteiger partial charge in [-0.25, -0.2) is 0 Å². The minimum absolute atomic E-state index is 0.474. The average Bonchev–Trinajstić information content (AvgIpc) is 2.17. The van der Waals surface area contributed by atoms with E-state index in [0.29, 0.717) is 10.8 Å². The molecule has 0 aliphatic heterocycles. The highest BCUT2D eigenvalue weighted by Crippen LogP contribution is 2.18. The fraction of sp³-hybridized carbons (Fsp3) is 0.364. The maximum absolute atomic E-state index is 8.54. The van der Waals surface area contributed by atoms with Crippen molar-refractivity contribution in [3.8, 4) is 11.8 Å². The minimum atomic E-state index is -0.487. The Morgan fingerprint density at radius 2 is 2.13 bits per heavy atom. The first-order chi connectivity index (χ1) is 7.11. The summed E-state index contributed by atoms with van der Waals surface area (Å²) in [6, 6.07) is 8.99. The molecule has 1 aromatic rings. The molecule has 80 valence electrons. The van der Waals surface area contributed by atoms with Crippen molar-refractivity contribution in [2.45, 2.75) is 26.2 Å². The molecule has 3 nitrogen and oxygen atoms in total. The summed E-state index contributed by atoms with van der Waals surface area (Å²) in [4.78, 5) is 0. The zero-order valence-electron chi connectivity index (χ0n) is 8.61. The Hall–Kier alpha value is -1.24. The number of ether oxygens (including phenoxy) is 2. The largest absolute Gasteiger partial charge is 0.465 e. The summed E-state index contributed by atoms with van der Waals surface area (Å²) in [6.45, 7) is 3.40. The van der Waals surface area contributed by atoms with Crippen LogP contribution in [0.15, 0.2) is 24.3 Å². The van der Waals surface area contributed by atoms with E-state index in [4.69, 9.17) is 26.3 Å². The van der Waals surface area contributed by atoms with Crippen molar-refractivity contribution in [1.29, 1.82) is 5.26 Å². The van der Waals surface area contributed by atoms with Crippen molar-refractivity contribution < 1.29 is 9.47 Å². The molecule has 0 saturated carbocycles. The van der Waals surface area contributed by atoms with Crippen LogP contribution in [0.5, 0.6) is 5.75 Å². The summed E-state index contributed by atoms with van der Waals surface area (Å²) in [7, 11) is 0. The predicted molar refractivity (Wildman–Crippen MR) is 57.7 cm³/mol. The standard InChI is InChI=1S/C11H12ClNO2/c1-8(7-13)14-9(2)15-11-5-3-4-10(12)6-11/h3-6,8-9H,1-2H3. The normalized spacial score (nSPS) is 14.0. The number of nitrogens with zero attached hydrogens (tertiary/aromatic N) is 1. The molecule has 15 heavy (non-hydrogen) atoms. The van der Waals surface area contributed by atoms with E-state index in [9.17, 15) is 0 Å². The van der Waals surface area contributed by atoms with Crippen LogP contribution >= 0.6 is 11.6 Å². The van der Waals surface area contributed by atoms with Crippen molar-refractivity contribution >= 4 is 11.6 Å². The van der Waals surface area contributed by atoms with Gasteiger partial charge in [-0.05, 0) is 32.0 Å². The summed E-state index contributed by atoms with van der Waals surface area (Å²) in [6.07, 6.45) is -0.961. The molecule has 4 heteroatoms. The zero-order valence-corrected chi connectivity index (χ0v) is 9.36. The van der Waals surface area contributed by atoms with Crippen LogP contribution in [-0.4, -0.2) is 12.4 Å². The fourth-order valence-corrected chi connectivity index (χ4v) is 1.26. The lowest BCUT2D eigenvalue weighted by atomic mass is 10.3. The topological polar surface area (TPSA) is 42.2 Å². The third kappa shape index (κ3) is 4.20. The maximum atomic E-state index is 8.54. The van der Waals surface area contributed by atoms with E-state index in [1.807, 2.05) is 6.07 Å². The molecular formula is C11H12ClNO2. The first-order valence-corrected chi connectivity index (χ1v) is 4.97. The molecule has 0 aliphatic rings. The molecule has 2 atom stereocenters. The Balaban J connectivity index is 2.52. The van der Waals surface area contributed by atoms with E-state index < -0.39 is 12.4 Å². The summed E-state index contributed by atoms with van der Waals surface area (Å²) in [5.41, 5.74) is 0. The van der Waals surface area contributed by atoms with Crippen LogP contribution in [0.4, 0.5) is 0 Å². The Morgan fingerprint density at radius 1 is 1.40 bits per heavy atom. The zero-order chi connectivity index (χ0) is 11.3. The number of benzene rings is 1. The molecule has 0 bridgehead atoms. The van der Waals surface area contributed by atoms with Gasteiger partial charge < -0.3 is 9.47 Å². The summed E-state index contributed by atoms with van der Waals surface area (Å²) in [5, 5.41) is 9.15. The van der Waals surface area contributed by atoms with Gasteiger partial charge in [0.1, 0.15) is 11.9 Å². The summed E-state index contributed by atoms with van der Waals surface area (Å²) < 4.78 is 10.6. The van der Waals surface area contributed by atoms with E-state index in [0.717, 1.165) is 0 Å². The minimum Gasteiger partial charge on any atom is -0.465 e. The lowest BCUT2D eigenvalue weighted by Crippen LogP contribution is -2.21. The van der Waals surface area contributed by atoms with Gasteiger partial charge in [0, 0.05) is 5.02 Å². The monoisotopic (exact) mass is 225 g/mol. The van der Waals surface area contributed by atoms with Crippen LogP contribution in [-0.2, 0) is 4.74 Å². The van der Waals surface area contributed by atoms with E-state index in [1.54, 1.807) is 38.1 Å². The van der Waals surface area contributed by atoms with Gasteiger partial charge in [0.25, 0.3) is 0 Å². The lowest BCUT2D eigenvalue weighted by Gasteiger charge is -2.16. The highest BCUT2D eigenvalue weighted by molar-refractivity contribution is 6.30. The summed E-state index contributed by atoms with van der Waals surface area (Å²) >= 11 is 5.79. The van der Waals surface area contributed by atoms with Crippen molar-refractivity contribution in [3.63, 3.8) is 0 Å². The van der Waals surface area contributed by atoms with Crippen molar-refractivity contribution in [1.82, 2.24) is 0 Å². The smallest absolute Gasteiger partial charge is 0.198 e. The molecule has 0 heterocycles. The van der Waals surface area contributed by atoms with Gasteiger partial charge in [0.15, 0.2) is 6.29 Å². The predicted octanol–water partition coefficient (Wildman–Crippen LogP) is 2.99. The quantitative estimate of drug-likeness (QED) is 0.740. The molecule has 2 unspecified atom stereocenters. The molecule has 0 amide bonds. The molecule has 0 saturated heterocycles. The molecule has 1 aromatic carbocycles. The Labute approximate surface area is 94.2 Å². The van der Waals surface area contributed by atoms with Crippen LogP contribution in [0.2, 0.25) is 5.02 Å². The third-order valence-corrected chi connectivity index (χ3v) is 1.91. The van der Waals surface area contributed by atoms with Gasteiger partial charge in [0.05, 0.1) is 6.07 Å². The maximum Gasteiger partial charge on any atom is 0.198 e. The Bertz CT molecular complexity index is 362. The number of rotatable bonds is 4. The number of hydrogen-bond acceptors (Lipinski definition) is 3. The van der Waals surface area contributed by atoms with E-state index >= 15 is 0 Å². The van der Waals surface area contributed by atoms with Crippen LogP contribution < -0.4 is 4.74 Å². The van der Waals surface area contributed by atoms with Crippen LogP contribution in [0.25, 0.3) is 0 Å². The molecule has 1 rings (SSSR count). The highest BCUT2D eigenvalue weighted by Gasteiger charge is 2.08. The first-order valence-electron chi connectivity index (χ1n) is 4.59. The molecule has 0 spiro atoms. The lowest BCUT2D eigenvalue weighted by molar-refractivity contribution is -0.0837. The number of nitriles is 1. The first kappa shape index (κ1) is 11.8. The third-order valence-electron chi connectivity index (χ3n) is 1.68. The van der Waals surface area contributed by atoms with Gasteiger partial charge in [-0.3, -0.25) is 0 Å². The molecular weight excluding hydrogens is 214 g/mol. The second kappa shape index (κ2) is 5.59. The second-order valence-corrected chi connectivity index (χ2v) is 3.49. The molecule has 0 radical (unpaired) electrons. The van der Waals surface area contributed by atoms with Gasteiger partial charge in [0.2, 0.25) is 0 Å². The van der Waals surface area contributed by atoms with Crippen LogP contribution in [0.3, 0.4) is 0 Å².